The van der Waals surface area contributed by atoms with E-state index in [0.29, 0.717) is 6.42 Å². The van der Waals surface area contributed by atoms with Gasteiger partial charge in [-0.3, -0.25) is 9.59 Å². The Kier molecular flexibility index (Phi) is 8.42. The summed E-state index contributed by atoms with van der Waals surface area (Å²) in [6, 6.07) is -0.922. The van der Waals surface area contributed by atoms with Crippen molar-refractivity contribution in [2.45, 2.75) is 53.1 Å². The van der Waals surface area contributed by atoms with Crippen molar-refractivity contribution in [1.29, 1.82) is 0 Å². The lowest BCUT2D eigenvalue weighted by molar-refractivity contribution is -0.144. The highest BCUT2D eigenvalue weighted by Gasteiger charge is 2.29. The summed E-state index contributed by atoms with van der Waals surface area (Å²) < 4.78 is 4.85. The molecule has 122 valence electrons. The summed E-state index contributed by atoms with van der Waals surface area (Å²) in [6.07, 6.45) is 0.629. The second kappa shape index (κ2) is 9.20. The van der Waals surface area contributed by atoms with Crippen LogP contribution >= 0.6 is 0 Å². The standard InChI is InChI=1S/C14H26N2O5/c1-6-11(5)16(8-12(17)18)14(20)15(10(3)4)9-13(19)21-7-2/h10-11H,6-9H2,1-5H3,(H,17,18). The third-order valence-corrected chi connectivity index (χ3v) is 3.15. The van der Waals surface area contributed by atoms with Gasteiger partial charge in [0.25, 0.3) is 0 Å². The highest BCUT2D eigenvalue weighted by Crippen LogP contribution is 2.11. The Bertz CT molecular complexity index is 370. The van der Waals surface area contributed by atoms with E-state index >= 15 is 0 Å². The van der Waals surface area contributed by atoms with Gasteiger partial charge in [-0.05, 0) is 34.1 Å². The molecule has 0 fully saturated rings. The van der Waals surface area contributed by atoms with Crippen LogP contribution in [0.5, 0.6) is 0 Å². The summed E-state index contributed by atoms with van der Waals surface area (Å²) in [7, 11) is 0. The van der Waals surface area contributed by atoms with Crippen LogP contribution in [-0.4, -0.2) is 64.7 Å². The van der Waals surface area contributed by atoms with Gasteiger partial charge in [-0.15, -0.1) is 0 Å². The summed E-state index contributed by atoms with van der Waals surface area (Å²) >= 11 is 0. The number of carboxylic acids is 1. The van der Waals surface area contributed by atoms with E-state index in [-0.39, 0.29) is 31.8 Å². The molecule has 0 aliphatic heterocycles. The topological polar surface area (TPSA) is 87.2 Å². The zero-order chi connectivity index (χ0) is 16.6. The Labute approximate surface area is 125 Å². The minimum absolute atomic E-state index is 0.184. The Morgan fingerprint density at radius 2 is 1.62 bits per heavy atom. The molecule has 21 heavy (non-hydrogen) atoms. The molecule has 2 amide bonds. The number of aliphatic carboxylic acids is 1. The van der Waals surface area contributed by atoms with Gasteiger partial charge in [-0.2, -0.15) is 0 Å². The van der Waals surface area contributed by atoms with Crippen molar-refractivity contribution in [3.8, 4) is 0 Å². The highest BCUT2D eigenvalue weighted by atomic mass is 16.5. The van der Waals surface area contributed by atoms with Crippen molar-refractivity contribution in [2.75, 3.05) is 19.7 Å². The first-order valence-corrected chi connectivity index (χ1v) is 7.19. The van der Waals surface area contributed by atoms with Crippen molar-refractivity contribution in [3.63, 3.8) is 0 Å². The molecule has 1 N–H and O–H groups in total. The third-order valence-electron chi connectivity index (χ3n) is 3.15. The predicted octanol–water partition coefficient (Wildman–Crippen LogP) is 1.56. The fourth-order valence-corrected chi connectivity index (χ4v) is 1.76. The van der Waals surface area contributed by atoms with Crippen LogP contribution in [-0.2, 0) is 14.3 Å². The molecule has 0 aliphatic carbocycles. The maximum Gasteiger partial charge on any atom is 0.325 e. The second-order valence-corrected chi connectivity index (χ2v) is 5.09. The van der Waals surface area contributed by atoms with Gasteiger partial charge in [0.15, 0.2) is 0 Å². The van der Waals surface area contributed by atoms with Crippen LogP contribution in [0.3, 0.4) is 0 Å². The van der Waals surface area contributed by atoms with Crippen LogP contribution in [0.25, 0.3) is 0 Å². The summed E-state index contributed by atoms with van der Waals surface area (Å²) in [4.78, 5) is 37.7. The second-order valence-electron chi connectivity index (χ2n) is 5.09. The van der Waals surface area contributed by atoms with Crippen LogP contribution in [0.15, 0.2) is 0 Å². The van der Waals surface area contributed by atoms with Crippen molar-refractivity contribution in [2.24, 2.45) is 0 Å². The molecule has 0 radical (unpaired) electrons. The van der Waals surface area contributed by atoms with Crippen LogP contribution in [0.1, 0.15) is 41.0 Å². The van der Waals surface area contributed by atoms with Crippen molar-refractivity contribution < 1.29 is 24.2 Å². The lowest BCUT2D eigenvalue weighted by atomic mass is 10.2. The number of hydrogen-bond donors (Lipinski definition) is 1. The van der Waals surface area contributed by atoms with E-state index in [2.05, 4.69) is 0 Å². The van der Waals surface area contributed by atoms with Gasteiger partial charge in [0.1, 0.15) is 13.1 Å². The monoisotopic (exact) mass is 302 g/mol. The van der Waals surface area contributed by atoms with Gasteiger partial charge in [0.2, 0.25) is 0 Å². The quantitative estimate of drug-likeness (QED) is 0.688. The van der Waals surface area contributed by atoms with Crippen molar-refractivity contribution >= 4 is 18.0 Å². The third kappa shape index (κ3) is 6.46. The molecule has 1 unspecified atom stereocenters. The Morgan fingerprint density at radius 3 is 2.00 bits per heavy atom. The van der Waals surface area contributed by atoms with E-state index < -0.39 is 18.0 Å². The number of esters is 1. The number of nitrogens with zero attached hydrogens (tertiary/aromatic N) is 2. The molecule has 0 aromatic rings. The average Bonchev–Trinajstić information content (AvgIpc) is 2.40. The zero-order valence-corrected chi connectivity index (χ0v) is 13.5. The van der Waals surface area contributed by atoms with Gasteiger partial charge >= 0.3 is 18.0 Å². The molecule has 0 spiro atoms. The first-order valence-electron chi connectivity index (χ1n) is 7.19. The normalized spacial score (nSPS) is 11.9. The first kappa shape index (κ1) is 19.2. The number of hydrogen-bond acceptors (Lipinski definition) is 4. The van der Waals surface area contributed by atoms with E-state index in [1.807, 2.05) is 6.92 Å². The largest absolute Gasteiger partial charge is 0.480 e. The summed E-state index contributed by atoms with van der Waals surface area (Å²) in [5.41, 5.74) is 0. The minimum Gasteiger partial charge on any atom is -0.480 e. The molecule has 0 aliphatic rings. The van der Waals surface area contributed by atoms with Gasteiger partial charge in [-0.25, -0.2) is 4.79 Å². The maximum atomic E-state index is 12.5. The smallest absolute Gasteiger partial charge is 0.325 e. The molecule has 1 atom stereocenters. The molecular weight excluding hydrogens is 276 g/mol. The Balaban J connectivity index is 5.11. The van der Waals surface area contributed by atoms with E-state index in [4.69, 9.17) is 9.84 Å². The predicted molar refractivity (Wildman–Crippen MR) is 78.0 cm³/mol. The number of ether oxygens (including phenoxy) is 1. The van der Waals surface area contributed by atoms with Gasteiger partial charge in [0.05, 0.1) is 6.61 Å². The molecule has 0 aromatic heterocycles. The Hall–Kier alpha value is -1.79. The fourth-order valence-electron chi connectivity index (χ4n) is 1.76. The first-order chi connectivity index (χ1) is 9.74. The van der Waals surface area contributed by atoms with Crippen LogP contribution < -0.4 is 0 Å². The summed E-state index contributed by atoms with van der Waals surface area (Å²) in [6.45, 7) is 8.55. The van der Waals surface area contributed by atoms with Gasteiger partial charge in [-0.1, -0.05) is 6.92 Å². The van der Waals surface area contributed by atoms with Crippen LogP contribution in [0, 0.1) is 0 Å². The van der Waals surface area contributed by atoms with E-state index in [0.717, 1.165) is 0 Å². The molecule has 0 saturated heterocycles. The van der Waals surface area contributed by atoms with Crippen LogP contribution in [0.4, 0.5) is 4.79 Å². The summed E-state index contributed by atoms with van der Waals surface area (Å²) in [5, 5.41) is 8.96. The van der Waals surface area contributed by atoms with Crippen LogP contribution in [0.2, 0.25) is 0 Å². The number of urea groups is 1. The van der Waals surface area contributed by atoms with E-state index in [9.17, 15) is 14.4 Å². The number of carbonyl (C=O) groups excluding carboxylic acids is 2. The van der Waals surface area contributed by atoms with E-state index in [1.165, 1.54) is 9.80 Å². The Morgan fingerprint density at radius 1 is 1.05 bits per heavy atom. The lowest BCUT2D eigenvalue weighted by Gasteiger charge is -2.34. The molecule has 7 heteroatoms. The molecule has 0 saturated carbocycles. The molecule has 0 rings (SSSR count). The maximum absolute atomic E-state index is 12.5. The molecule has 0 aromatic carbocycles. The number of carboxylic acid groups (broad SMARTS) is 1. The number of rotatable bonds is 8. The lowest BCUT2D eigenvalue weighted by Crippen LogP contribution is -2.52. The number of amides is 2. The number of carbonyl (C=O) groups is 3. The van der Waals surface area contributed by atoms with E-state index in [1.54, 1.807) is 27.7 Å². The van der Waals surface area contributed by atoms with Crippen molar-refractivity contribution in [3.05, 3.63) is 0 Å². The average molecular weight is 302 g/mol. The highest BCUT2D eigenvalue weighted by molar-refractivity contribution is 5.84. The molecular formula is C14H26N2O5. The molecule has 0 heterocycles. The van der Waals surface area contributed by atoms with Crippen molar-refractivity contribution in [1.82, 2.24) is 9.80 Å². The zero-order valence-electron chi connectivity index (χ0n) is 13.5. The van der Waals surface area contributed by atoms with Gasteiger partial charge < -0.3 is 19.6 Å². The molecule has 0 bridgehead atoms. The SMILES string of the molecule is CCOC(=O)CN(C(=O)N(CC(=O)O)C(C)CC)C(C)C. The minimum atomic E-state index is -1.08. The fraction of sp³-hybridized carbons (Fsp3) is 0.786. The summed E-state index contributed by atoms with van der Waals surface area (Å²) in [5.74, 6) is -1.58. The molecule has 7 nitrogen and oxygen atoms in total. The van der Waals surface area contributed by atoms with Gasteiger partial charge in [0, 0.05) is 12.1 Å².